The van der Waals surface area contributed by atoms with Crippen LogP contribution in [0.2, 0.25) is 0 Å². The molecule has 2 aromatic carbocycles. The van der Waals surface area contributed by atoms with Gasteiger partial charge in [0.15, 0.2) is 5.75 Å². The van der Waals surface area contributed by atoms with Crippen LogP contribution in [0.3, 0.4) is 0 Å². The summed E-state index contributed by atoms with van der Waals surface area (Å²) in [6, 6.07) is 11.8. The number of aryl methyl sites for hydroxylation is 2. The molecule has 1 N–H and O–H groups in total. The van der Waals surface area contributed by atoms with E-state index in [1.54, 1.807) is 4.80 Å². The number of rotatable bonds is 13. The van der Waals surface area contributed by atoms with E-state index in [0.29, 0.717) is 11.4 Å². The molecule has 30 heavy (non-hydrogen) atoms. The molecule has 0 saturated carbocycles. The Morgan fingerprint density at radius 3 is 1.97 bits per heavy atom. The second-order valence-corrected chi connectivity index (χ2v) is 8.27. The summed E-state index contributed by atoms with van der Waals surface area (Å²) in [5, 5.41) is 18.7. The summed E-state index contributed by atoms with van der Waals surface area (Å²) in [6.45, 7) is 4.31. The monoisotopic (exact) mass is 409 g/mol. The molecule has 0 aliphatic carbocycles. The Balaban J connectivity index is 1.56. The van der Waals surface area contributed by atoms with Crippen molar-refractivity contribution in [1.82, 2.24) is 15.0 Å². The maximum absolute atomic E-state index is 9.62. The van der Waals surface area contributed by atoms with Gasteiger partial charge in [-0.2, -0.15) is 0 Å². The Labute approximate surface area is 180 Å². The van der Waals surface area contributed by atoms with Gasteiger partial charge in [-0.05, 0) is 43.5 Å². The Morgan fingerprint density at radius 1 is 0.833 bits per heavy atom. The van der Waals surface area contributed by atoms with Crippen LogP contribution in [0.25, 0.3) is 16.7 Å². The molecule has 5 heteroatoms. The molecule has 3 aromatic rings. The Morgan fingerprint density at radius 2 is 1.40 bits per heavy atom. The number of hydrogen-bond donors (Lipinski definition) is 1. The summed E-state index contributed by atoms with van der Waals surface area (Å²) in [4.78, 5) is 6.38. The van der Waals surface area contributed by atoms with Crippen LogP contribution in [0.5, 0.6) is 5.75 Å². The molecule has 0 aliphatic rings. The van der Waals surface area contributed by atoms with Gasteiger partial charge < -0.3 is 4.89 Å². The molecule has 0 radical (unpaired) electrons. The van der Waals surface area contributed by atoms with Gasteiger partial charge in [-0.15, -0.1) is 15.0 Å². The minimum atomic E-state index is 0.455. The van der Waals surface area contributed by atoms with Crippen molar-refractivity contribution in [2.45, 2.75) is 84.5 Å². The third kappa shape index (κ3) is 6.05. The molecule has 0 spiro atoms. The van der Waals surface area contributed by atoms with Gasteiger partial charge in [0.1, 0.15) is 16.7 Å². The molecular weight excluding hydrogens is 374 g/mol. The van der Waals surface area contributed by atoms with Gasteiger partial charge in [0.05, 0.1) is 0 Å². The number of fused-ring (bicyclic) bond motifs is 1. The number of unbranched alkanes of at least 4 members (excludes halogenated alkanes) is 9. The fourth-order valence-electron chi connectivity index (χ4n) is 4.04. The van der Waals surface area contributed by atoms with E-state index in [-0.39, 0.29) is 0 Å². The first kappa shape index (κ1) is 22.3. The van der Waals surface area contributed by atoms with Crippen molar-refractivity contribution in [3.63, 3.8) is 0 Å². The van der Waals surface area contributed by atoms with Crippen molar-refractivity contribution < 1.29 is 10.1 Å². The molecule has 0 aliphatic heterocycles. The lowest BCUT2D eigenvalue weighted by atomic mass is 10.0. The summed E-state index contributed by atoms with van der Waals surface area (Å²) < 4.78 is 0. The number of aromatic nitrogens is 3. The Hall–Kier alpha value is -2.40. The first-order valence-electron chi connectivity index (χ1n) is 11.5. The number of nitrogens with zero attached hydrogens (tertiary/aromatic N) is 3. The molecule has 0 fully saturated rings. The second kappa shape index (κ2) is 11.7. The van der Waals surface area contributed by atoms with E-state index in [2.05, 4.69) is 30.1 Å². The maximum atomic E-state index is 9.62. The SMILES string of the molecule is CCCCCCCCCCCCc1cc(C)cc(-n2nc3ccccc3n2)c1OO. The van der Waals surface area contributed by atoms with Gasteiger partial charge in [0.25, 0.3) is 0 Å². The first-order valence-corrected chi connectivity index (χ1v) is 11.5. The van der Waals surface area contributed by atoms with Crippen molar-refractivity contribution in [3.05, 3.63) is 47.5 Å². The van der Waals surface area contributed by atoms with Gasteiger partial charge in [0.2, 0.25) is 0 Å². The van der Waals surface area contributed by atoms with Gasteiger partial charge in [0, 0.05) is 5.56 Å². The minimum Gasteiger partial charge on any atom is -0.338 e. The van der Waals surface area contributed by atoms with Crippen LogP contribution < -0.4 is 4.89 Å². The number of hydrogen-bond acceptors (Lipinski definition) is 4. The van der Waals surface area contributed by atoms with E-state index >= 15 is 0 Å². The van der Waals surface area contributed by atoms with Gasteiger partial charge in [-0.25, -0.2) is 5.26 Å². The van der Waals surface area contributed by atoms with Crippen LogP contribution in [0, 0.1) is 6.92 Å². The second-order valence-electron chi connectivity index (χ2n) is 8.27. The maximum Gasteiger partial charge on any atom is 0.195 e. The average molecular weight is 410 g/mol. The summed E-state index contributed by atoms with van der Waals surface area (Å²) in [6.07, 6.45) is 13.9. The predicted molar refractivity (Wildman–Crippen MR) is 122 cm³/mol. The zero-order chi connectivity index (χ0) is 21.2. The highest BCUT2D eigenvalue weighted by Gasteiger charge is 2.16. The van der Waals surface area contributed by atoms with E-state index in [4.69, 9.17) is 4.89 Å². The zero-order valence-electron chi connectivity index (χ0n) is 18.4. The molecule has 0 amide bonds. The van der Waals surface area contributed by atoms with Crippen LogP contribution in [-0.4, -0.2) is 20.3 Å². The average Bonchev–Trinajstić information content (AvgIpc) is 3.19. The lowest BCUT2D eigenvalue weighted by Gasteiger charge is -2.12. The quantitative estimate of drug-likeness (QED) is 0.187. The summed E-state index contributed by atoms with van der Waals surface area (Å²) in [7, 11) is 0. The van der Waals surface area contributed by atoms with E-state index in [0.717, 1.165) is 35.0 Å². The van der Waals surface area contributed by atoms with Crippen molar-refractivity contribution in [2.24, 2.45) is 0 Å². The van der Waals surface area contributed by atoms with E-state index in [9.17, 15) is 5.26 Å². The predicted octanol–water partition coefficient (Wildman–Crippen LogP) is 7.04. The molecule has 162 valence electrons. The first-order chi connectivity index (χ1) is 14.7. The van der Waals surface area contributed by atoms with Crippen LogP contribution >= 0.6 is 0 Å². The Bertz CT molecular complexity index is 887. The van der Waals surface area contributed by atoms with Crippen molar-refractivity contribution in [3.8, 4) is 11.4 Å². The van der Waals surface area contributed by atoms with Crippen molar-refractivity contribution >= 4 is 11.0 Å². The van der Waals surface area contributed by atoms with Crippen LogP contribution in [0.1, 0.15) is 82.3 Å². The standard InChI is InChI=1S/C25H35N3O2/c1-3-4-5-6-7-8-9-10-11-12-15-21-18-20(2)19-24(25(21)30-29)28-26-22-16-13-14-17-23(22)27-28/h13-14,16-19,29H,3-12,15H2,1-2H3. The summed E-state index contributed by atoms with van der Waals surface area (Å²) in [5.74, 6) is 0.455. The highest BCUT2D eigenvalue weighted by molar-refractivity contribution is 5.73. The van der Waals surface area contributed by atoms with Crippen molar-refractivity contribution in [2.75, 3.05) is 0 Å². The van der Waals surface area contributed by atoms with Gasteiger partial charge in [-0.3, -0.25) is 0 Å². The summed E-state index contributed by atoms with van der Waals surface area (Å²) >= 11 is 0. The normalized spacial score (nSPS) is 11.3. The lowest BCUT2D eigenvalue weighted by Crippen LogP contribution is -2.05. The molecule has 0 bridgehead atoms. The van der Waals surface area contributed by atoms with E-state index in [1.165, 1.54) is 57.8 Å². The summed E-state index contributed by atoms with van der Waals surface area (Å²) in [5.41, 5.74) is 4.43. The highest BCUT2D eigenvalue weighted by atomic mass is 17.1. The molecule has 5 nitrogen and oxygen atoms in total. The fraction of sp³-hybridized carbons (Fsp3) is 0.520. The third-order valence-electron chi connectivity index (χ3n) is 5.68. The minimum absolute atomic E-state index is 0.455. The van der Waals surface area contributed by atoms with E-state index < -0.39 is 0 Å². The third-order valence-corrected chi connectivity index (χ3v) is 5.68. The topological polar surface area (TPSA) is 60.2 Å². The Kier molecular flexibility index (Phi) is 8.69. The van der Waals surface area contributed by atoms with Crippen molar-refractivity contribution in [1.29, 1.82) is 0 Å². The van der Waals surface area contributed by atoms with Gasteiger partial charge >= 0.3 is 0 Å². The highest BCUT2D eigenvalue weighted by Crippen LogP contribution is 2.30. The van der Waals surface area contributed by atoms with Crippen LogP contribution in [-0.2, 0) is 6.42 Å². The zero-order valence-corrected chi connectivity index (χ0v) is 18.4. The molecular formula is C25H35N3O2. The number of benzene rings is 2. The molecule has 1 aromatic heterocycles. The van der Waals surface area contributed by atoms with Crippen LogP contribution in [0.15, 0.2) is 36.4 Å². The smallest absolute Gasteiger partial charge is 0.195 e. The molecule has 0 saturated heterocycles. The van der Waals surface area contributed by atoms with E-state index in [1.807, 2.05) is 30.3 Å². The lowest BCUT2D eigenvalue weighted by molar-refractivity contribution is -0.138. The molecule has 1 heterocycles. The van der Waals surface area contributed by atoms with Crippen LogP contribution in [0.4, 0.5) is 0 Å². The van der Waals surface area contributed by atoms with Gasteiger partial charge in [-0.1, -0.05) is 82.9 Å². The molecule has 0 unspecified atom stereocenters. The molecule has 0 atom stereocenters. The fourth-order valence-corrected chi connectivity index (χ4v) is 4.04. The molecule has 3 rings (SSSR count). The largest absolute Gasteiger partial charge is 0.338 e.